The summed E-state index contributed by atoms with van der Waals surface area (Å²) in [4.78, 5) is 34.3. The highest BCUT2D eigenvalue weighted by molar-refractivity contribution is 7.11. The molecule has 0 aliphatic carbocycles. The van der Waals surface area contributed by atoms with Crippen molar-refractivity contribution in [2.75, 3.05) is 20.2 Å². The SMILES string of the molecule is COC(=O)C1=C(CN2CC(F)(F)C[C@@H]2CCC(=O)O)NC(c2nccs2)=N[C@H]1c1ccc(F)cc1Cl. The average Bonchev–Trinajstić information content (AvgIpc) is 3.44. The van der Waals surface area contributed by atoms with Gasteiger partial charge in [-0.25, -0.2) is 22.9 Å². The molecule has 4 rings (SSSR count). The van der Waals surface area contributed by atoms with E-state index < -0.39 is 48.7 Å². The van der Waals surface area contributed by atoms with Crippen LogP contribution in [-0.2, 0) is 14.3 Å². The van der Waals surface area contributed by atoms with Crippen LogP contribution < -0.4 is 5.32 Å². The Bertz CT molecular complexity index is 1220. The fraction of sp³-hybridized carbons (Fsp3) is 0.391. The number of aromatic nitrogens is 1. The van der Waals surface area contributed by atoms with Crippen LogP contribution in [0, 0.1) is 5.82 Å². The molecule has 36 heavy (non-hydrogen) atoms. The first kappa shape index (κ1) is 26.1. The molecule has 2 N–H and O–H groups in total. The zero-order valence-corrected chi connectivity index (χ0v) is 20.6. The minimum absolute atomic E-state index is 0.0202. The van der Waals surface area contributed by atoms with Gasteiger partial charge in [-0.05, 0) is 18.6 Å². The number of carbonyl (C=O) groups is 2. The van der Waals surface area contributed by atoms with Crippen molar-refractivity contribution < 1.29 is 32.6 Å². The summed E-state index contributed by atoms with van der Waals surface area (Å²) in [5, 5.41) is 14.3. The summed E-state index contributed by atoms with van der Waals surface area (Å²) in [6, 6.07) is 1.92. The van der Waals surface area contributed by atoms with Crippen LogP contribution in [0.4, 0.5) is 13.2 Å². The number of hydrogen-bond acceptors (Lipinski definition) is 8. The van der Waals surface area contributed by atoms with E-state index in [1.807, 2.05) is 0 Å². The van der Waals surface area contributed by atoms with Crippen molar-refractivity contribution in [3.63, 3.8) is 0 Å². The Kier molecular flexibility index (Phi) is 7.67. The van der Waals surface area contributed by atoms with Crippen molar-refractivity contribution in [2.24, 2.45) is 4.99 Å². The molecule has 2 aromatic rings. The summed E-state index contributed by atoms with van der Waals surface area (Å²) in [7, 11) is 1.18. The molecule has 1 aromatic carbocycles. The summed E-state index contributed by atoms with van der Waals surface area (Å²) in [5.41, 5.74) is 0.588. The number of benzene rings is 1. The van der Waals surface area contributed by atoms with Crippen LogP contribution >= 0.6 is 22.9 Å². The first-order chi connectivity index (χ1) is 17.1. The number of halogens is 4. The number of hydrogen-bond donors (Lipinski definition) is 2. The van der Waals surface area contributed by atoms with Gasteiger partial charge in [-0.2, -0.15) is 0 Å². The second kappa shape index (κ2) is 10.6. The first-order valence-electron chi connectivity index (χ1n) is 10.9. The largest absolute Gasteiger partial charge is 0.481 e. The number of carbonyl (C=O) groups excluding carboxylic acids is 1. The number of esters is 1. The van der Waals surface area contributed by atoms with Crippen LogP contribution in [0.15, 0.2) is 46.0 Å². The number of alkyl halides is 2. The number of amidine groups is 1. The second-order valence-electron chi connectivity index (χ2n) is 8.44. The van der Waals surface area contributed by atoms with Gasteiger partial charge in [0.1, 0.15) is 11.9 Å². The van der Waals surface area contributed by atoms with Gasteiger partial charge in [0.25, 0.3) is 5.92 Å². The maximum absolute atomic E-state index is 14.4. The third kappa shape index (κ3) is 5.71. The summed E-state index contributed by atoms with van der Waals surface area (Å²) >= 11 is 7.59. The van der Waals surface area contributed by atoms with E-state index in [9.17, 15) is 22.8 Å². The topological polar surface area (TPSA) is 104 Å². The van der Waals surface area contributed by atoms with Crippen LogP contribution in [0.3, 0.4) is 0 Å². The lowest BCUT2D eigenvalue weighted by Crippen LogP contribution is -2.41. The lowest BCUT2D eigenvalue weighted by atomic mass is 9.95. The highest BCUT2D eigenvalue weighted by atomic mass is 35.5. The summed E-state index contributed by atoms with van der Waals surface area (Å²) in [5.74, 6) is -5.16. The smallest absolute Gasteiger partial charge is 0.338 e. The van der Waals surface area contributed by atoms with E-state index in [1.54, 1.807) is 11.6 Å². The number of aliphatic carboxylic acids is 1. The average molecular weight is 543 g/mol. The fourth-order valence-electron chi connectivity index (χ4n) is 4.40. The molecule has 0 amide bonds. The third-order valence-electron chi connectivity index (χ3n) is 5.96. The lowest BCUT2D eigenvalue weighted by molar-refractivity contribution is -0.137. The Morgan fingerprint density at radius 1 is 1.39 bits per heavy atom. The quantitative estimate of drug-likeness (QED) is 0.485. The van der Waals surface area contributed by atoms with Gasteiger partial charge < -0.3 is 15.2 Å². The molecule has 1 aromatic heterocycles. The van der Waals surface area contributed by atoms with Gasteiger partial charge in [0.2, 0.25) is 0 Å². The van der Waals surface area contributed by atoms with E-state index in [1.165, 1.54) is 35.5 Å². The fourth-order valence-corrected chi connectivity index (χ4v) is 5.25. The van der Waals surface area contributed by atoms with Gasteiger partial charge in [-0.3, -0.25) is 14.7 Å². The summed E-state index contributed by atoms with van der Waals surface area (Å²) in [6.45, 7) is -0.743. The molecule has 1 fully saturated rings. The van der Waals surface area contributed by atoms with Crippen molar-refractivity contribution >= 4 is 40.7 Å². The maximum atomic E-state index is 14.4. The molecule has 2 aliphatic heterocycles. The zero-order chi connectivity index (χ0) is 26.0. The summed E-state index contributed by atoms with van der Waals surface area (Å²) < 4.78 is 47.5. The molecular formula is C23H22ClF3N4O4S. The van der Waals surface area contributed by atoms with Crippen molar-refractivity contribution in [3.8, 4) is 0 Å². The molecule has 3 heterocycles. The number of likely N-dealkylation sites (tertiary alicyclic amines) is 1. The Balaban J connectivity index is 1.78. The number of nitrogens with zero attached hydrogens (tertiary/aromatic N) is 3. The minimum Gasteiger partial charge on any atom is -0.481 e. The van der Waals surface area contributed by atoms with Crippen LogP contribution in [0.25, 0.3) is 0 Å². The highest BCUT2D eigenvalue weighted by Crippen LogP contribution is 2.39. The normalized spacial score (nSPS) is 21.8. The number of carboxylic acids is 1. The number of methoxy groups -OCH3 is 1. The standard InChI is InChI=1S/C23H22ClF3N4O4S/c1-35-22(34)18-16(10-31-11-23(26,27)9-13(31)3-5-17(32)33)29-20(21-28-6-7-36-21)30-19(18)14-4-2-12(25)8-15(14)24/h2,4,6-8,13,19H,3,5,9-11H2,1H3,(H,29,30)(H,32,33)/t13-,19-/m0/s1. The van der Waals surface area contributed by atoms with Gasteiger partial charge in [0.15, 0.2) is 10.8 Å². The highest BCUT2D eigenvalue weighted by Gasteiger charge is 2.46. The van der Waals surface area contributed by atoms with Gasteiger partial charge >= 0.3 is 11.9 Å². The number of aliphatic imine (C=N–C) groups is 1. The van der Waals surface area contributed by atoms with Gasteiger partial charge in [-0.1, -0.05) is 17.7 Å². The van der Waals surface area contributed by atoms with E-state index in [-0.39, 0.29) is 41.5 Å². The molecule has 1 saturated heterocycles. The van der Waals surface area contributed by atoms with Crippen molar-refractivity contribution in [1.29, 1.82) is 0 Å². The second-order valence-corrected chi connectivity index (χ2v) is 9.75. The van der Waals surface area contributed by atoms with E-state index in [4.69, 9.17) is 21.4 Å². The molecule has 0 bridgehead atoms. The van der Waals surface area contributed by atoms with Crippen molar-refractivity contribution in [1.82, 2.24) is 15.2 Å². The molecule has 0 saturated carbocycles. The summed E-state index contributed by atoms with van der Waals surface area (Å²) in [6.07, 6.45) is 0.813. The molecule has 8 nitrogen and oxygen atoms in total. The Hall–Kier alpha value is -2.96. The van der Waals surface area contributed by atoms with Crippen molar-refractivity contribution in [3.05, 3.63) is 62.5 Å². The van der Waals surface area contributed by atoms with E-state index in [0.717, 1.165) is 6.07 Å². The number of rotatable bonds is 8. The number of nitrogens with one attached hydrogen (secondary N) is 1. The predicted molar refractivity (Wildman–Crippen MR) is 127 cm³/mol. The van der Waals surface area contributed by atoms with Crippen LogP contribution in [-0.4, -0.2) is 64.9 Å². The Labute approximate surface area is 213 Å². The Morgan fingerprint density at radius 2 is 2.17 bits per heavy atom. The molecule has 0 unspecified atom stereocenters. The number of carboxylic acid groups (broad SMARTS) is 1. The zero-order valence-electron chi connectivity index (χ0n) is 19.0. The van der Waals surface area contributed by atoms with E-state index in [2.05, 4.69) is 15.3 Å². The molecule has 0 radical (unpaired) electrons. The monoisotopic (exact) mass is 542 g/mol. The Morgan fingerprint density at radius 3 is 2.81 bits per heavy atom. The molecule has 13 heteroatoms. The molecule has 0 spiro atoms. The minimum atomic E-state index is -3.02. The third-order valence-corrected chi connectivity index (χ3v) is 7.07. The molecular weight excluding hydrogens is 521 g/mol. The molecule has 2 atom stereocenters. The lowest BCUT2D eigenvalue weighted by Gasteiger charge is -2.31. The van der Waals surface area contributed by atoms with Gasteiger partial charge in [0.05, 0.1) is 19.2 Å². The van der Waals surface area contributed by atoms with Crippen LogP contribution in [0.5, 0.6) is 0 Å². The van der Waals surface area contributed by atoms with Gasteiger partial charge in [-0.15, -0.1) is 11.3 Å². The van der Waals surface area contributed by atoms with Crippen molar-refractivity contribution in [2.45, 2.75) is 37.3 Å². The first-order valence-corrected chi connectivity index (χ1v) is 12.2. The van der Waals surface area contributed by atoms with Gasteiger partial charge in [0, 0.05) is 53.3 Å². The maximum Gasteiger partial charge on any atom is 0.338 e. The van der Waals surface area contributed by atoms with E-state index >= 15 is 0 Å². The number of thiazole rings is 1. The van der Waals surface area contributed by atoms with Crippen LogP contribution in [0.2, 0.25) is 5.02 Å². The molecule has 192 valence electrons. The molecule has 2 aliphatic rings. The van der Waals surface area contributed by atoms with Crippen LogP contribution in [0.1, 0.15) is 35.9 Å². The predicted octanol–water partition coefficient (Wildman–Crippen LogP) is 4.03. The number of ether oxygens (including phenoxy) is 1. The van der Waals surface area contributed by atoms with E-state index in [0.29, 0.717) is 10.6 Å².